The Morgan fingerprint density at radius 1 is 1.05 bits per heavy atom. The molecule has 0 heterocycles. The fraction of sp³-hybridized carbons (Fsp3) is 0.294. The molecule has 20 heavy (non-hydrogen) atoms. The van der Waals surface area contributed by atoms with E-state index in [1.807, 2.05) is 37.4 Å². The molecule has 0 saturated carbocycles. The third kappa shape index (κ3) is 3.75. The number of nitrogens with one attached hydrogen (secondary N) is 1. The van der Waals surface area contributed by atoms with Gasteiger partial charge in [0, 0.05) is 11.6 Å². The van der Waals surface area contributed by atoms with Gasteiger partial charge in [-0.1, -0.05) is 42.8 Å². The fourth-order valence-corrected chi connectivity index (χ4v) is 2.39. The molecular formula is C17H20ClNO. The maximum absolute atomic E-state index is 6.12. The van der Waals surface area contributed by atoms with Crippen molar-refractivity contribution in [1.29, 1.82) is 0 Å². The average molecular weight is 290 g/mol. The Bertz CT molecular complexity index is 569. The second-order valence-corrected chi connectivity index (χ2v) is 5.10. The number of halogens is 1. The Labute approximate surface area is 125 Å². The minimum absolute atomic E-state index is 0.572. The largest absolute Gasteiger partial charge is 0.489 e. The Balaban J connectivity index is 2.09. The van der Waals surface area contributed by atoms with E-state index < -0.39 is 0 Å². The smallest absolute Gasteiger partial charge is 0.120 e. The molecule has 0 unspecified atom stereocenters. The zero-order chi connectivity index (χ0) is 14.4. The molecule has 2 nitrogen and oxygen atoms in total. The van der Waals surface area contributed by atoms with Gasteiger partial charge in [-0.3, -0.25) is 0 Å². The van der Waals surface area contributed by atoms with Gasteiger partial charge in [-0.15, -0.1) is 0 Å². The Hall–Kier alpha value is -1.51. The van der Waals surface area contributed by atoms with E-state index in [1.54, 1.807) is 0 Å². The van der Waals surface area contributed by atoms with Crippen LogP contribution in [0, 0.1) is 0 Å². The van der Waals surface area contributed by atoms with Gasteiger partial charge in [-0.05, 0) is 48.4 Å². The maximum Gasteiger partial charge on any atom is 0.120 e. The quantitative estimate of drug-likeness (QED) is 0.860. The summed E-state index contributed by atoms with van der Waals surface area (Å²) in [5.74, 6) is 0.866. The van der Waals surface area contributed by atoms with E-state index in [1.165, 1.54) is 11.1 Å². The minimum atomic E-state index is 0.572. The van der Waals surface area contributed by atoms with Gasteiger partial charge in [0.05, 0.1) is 0 Å². The predicted molar refractivity (Wildman–Crippen MR) is 84.4 cm³/mol. The molecule has 2 aromatic carbocycles. The first-order chi connectivity index (χ1) is 9.74. The maximum atomic E-state index is 6.12. The summed E-state index contributed by atoms with van der Waals surface area (Å²) in [5, 5.41) is 3.98. The van der Waals surface area contributed by atoms with Crippen LogP contribution in [0.3, 0.4) is 0 Å². The summed E-state index contributed by atoms with van der Waals surface area (Å²) in [5.41, 5.74) is 3.59. The highest BCUT2D eigenvalue weighted by molar-refractivity contribution is 6.31. The summed E-state index contributed by atoms with van der Waals surface area (Å²) in [6.07, 6.45) is 0.909. The van der Waals surface area contributed by atoms with Crippen molar-refractivity contribution in [3.05, 3.63) is 64.2 Å². The molecule has 106 valence electrons. The van der Waals surface area contributed by atoms with Gasteiger partial charge < -0.3 is 10.1 Å². The first-order valence-corrected chi connectivity index (χ1v) is 7.25. The van der Waals surface area contributed by atoms with Crippen molar-refractivity contribution in [3.8, 4) is 5.75 Å². The predicted octanol–water partition coefficient (Wildman–Crippen LogP) is 4.20. The summed E-state index contributed by atoms with van der Waals surface area (Å²) < 4.78 is 5.89. The highest BCUT2D eigenvalue weighted by atomic mass is 35.5. The molecule has 0 bridgehead atoms. The monoisotopic (exact) mass is 289 g/mol. The van der Waals surface area contributed by atoms with Crippen molar-refractivity contribution in [2.75, 3.05) is 7.05 Å². The third-order valence-corrected chi connectivity index (χ3v) is 3.65. The second kappa shape index (κ2) is 7.32. The molecule has 2 rings (SSSR count). The van der Waals surface area contributed by atoms with E-state index in [9.17, 15) is 0 Å². The van der Waals surface area contributed by atoms with E-state index in [2.05, 4.69) is 24.4 Å². The van der Waals surface area contributed by atoms with Crippen LogP contribution >= 0.6 is 11.6 Å². The SMILES string of the molecule is CCc1cc(OCc2ccccc2CNC)ccc1Cl. The van der Waals surface area contributed by atoms with Crippen molar-refractivity contribution in [3.63, 3.8) is 0 Å². The van der Waals surface area contributed by atoms with Crippen LogP contribution in [0.4, 0.5) is 0 Å². The van der Waals surface area contributed by atoms with E-state index in [4.69, 9.17) is 16.3 Å². The lowest BCUT2D eigenvalue weighted by Gasteiger charge is -2.12. The average Bonchev–Trinajstić information content (AvgIpc) is 2.48. The first kappa shape index (κ1) is 14.9. The number of hydrogen-bond donors (Lipinski definition) is 1. The minimum Gasteiger partial charge on any atom is -0.489 e. The van der Waals surface area contributed by atoms with Crippen LogP contribution in [-0.4, -0.2) is 7.05 Å². The molecule has 0 amide bonds. The second-order valence-electron chi connectivity index (χ2n) is 4.69. The molecule has 0 atom stereocenters. The normalized spacial score (nSPS) is 10.6. The zero-order valence-electron chi connectivity index (χ0n) is 11.9. The van der Waals surface area contributed by atoms with Gasteiger partial charge >= 0.3 is 0 Å². The lowest BCUT2D eigenvalue weighted by molar-refractivity contribution is 0.304. The van der Waals surface area contributed by atoms with Crippen molar-refractivity contribution >= 4 is 11.6 Å². The molecule has 0 fully saturated rings. The highest BCUT2D eigenvalue weighted by Gasteiger charge is 2.04. The number of ether oxygens (including phenoxy) is 1. The molecule has 2 aromatic rings. The number of hydrogen-bond acceptors (Lipinski definition) is 2. The van der Waals surface area contributed by atoms with E-state index >= 15 is 0 Å². The van der Waals surface area contributed by atoms with Gasteiger partial charge in [0.2, 0.25) is 0 Å². The summed E-state index contributed by atoms with van der Waals surface area (Å²) in [4.78, 5) is 0. The Kier molecular flexibility index (Phi) is 5.45. The van der Waals surface area contributed by atoms with Crippen molar-refractivity contribution < 1.29 is 4.74 Å². The summed E-state index contributed by atoms with van der Waals surface area (Å²) in [6, 6.07) is 14.1. The summed E-state index contributed by atoms with van der Waals surface area (Å²) in [7, 11) is 1.95. The number of rotatable bonds is 6. The molecule has 0 spiro atoms. The van der Waals surface area contributed by atoms with E-state index in [0.717, 1.165) is 29.3 Å². The molecule has 1 N–H and O–H groups in total. The van der Waals surface area contributed by atoms with E-state index in [0.29, 0.717) is 6.61 Å². The van der Waals surface area contributed by atoms with Crippen LogP contribution in [0.1, 0.15) is 23.6 Å². The zero-order valence-corrected chi connectivity index (χ0v) is 12.7. The Morgan fingerprint density at radius 3 is 2.50 bits per heavy atom. The summed E-state index contributed by atoms with van der Waals surface area (Å²) >= 11 is 6.12. The van der Waals surface area contributed by atoms with Crippen LogP contribution in [-0.2, 0) is 19.6 Å². The van der Waals surface area contributed by atoms with Gasteiger partial charge in [0.15, 0.2) is 0 Å². The van der Waals surface area contributed by atoms with Crippen LogP contribution in [0.25, 0.3) is 0 Å². The number of aryl methyl sites for hydroxylation is 1. The molecule has 0 aromatic heterocycles. The van der Waals surface area contributed by atoms with E-state index in [-0.39, 0.29) is 0 Å². The topological polar surface area (TPSA) is 21.3 Å². The standard InChI is InChI=1S/C17H20ClNO/c1-3-13-10-16(8-9-17(13)18)20-12-15-7-5-4-6-14(15)11-19-2/h4-10,19H,3,11-12H2,1-2H3. The van der Waals surface area contributed by atoms with Gasteiger partial charge in [-0.2, -0.15) is 0 Å². The van der Waals surface area contributed by atoms with Gasteiger partial charge in [-0.25, -0.2) is 0 Å². The lowest BCUT2D eigenvalue weighted by Crippen LogP contribution is -2.09. The van der Waals surface area contributed by atoms with Crippen molar-refractivity contribution in [2.24, 2.45) is 0 Å². The molecule has 0 radical (unpaired) electrons. The molecule has 0 aliphatic rings. The van der Waals surface area contributed by atoms with Gasteiger partial charge in [0.1, 0.15) is 12.4 Å². The van der Waals surface area contributed by atoms with Gasteiger partial charge in [0.25, 0.3) is 0 Å². The fourth-order valence-electron chi connectivity index (χ4n) is 2.13. The van der Waals surface area contributed by atoms with Crippen LogP contribution in [0.5, 0.6) is 5.75 Å². The first-order valence-electron chi connectivity index (χ1n) is 6.87. The summed E-state index contributed by atoms with van der Waals surface area (Å²) in [6.45, 7) is 3.51. The van der Waals surface area contributed by atoms with Crippen molar-refractivity contribution in [2.45, 2.75) is 26.5 Å². The van der Waals surface area contributed by atoms with Crippen LogP contribution < -0.4 is 10.1 Å². The van der Waals surface area contributed by atoms with Crippen LogP contribution in [0.15, 0.2) is 42.5 Å². The molecule has 0 aliphatic heterocycles. The Morgan fingerprint density at radius 2 is 1.80 bits per heavy atom. The molecule has 0 saturated heterocycles. The number of benzene rings is 2. The molecule has 0 aliphatic carbocycles. The highest BCUT2D eigenvalue weighted by Crippen LogP contribution is 2.23. The third-order valence-electron chi connectivity index (χ3n) is 3.28. The lowest BCUT2D eigenvalue weighted by atomic mass is 10.1. The van der Waals surface area contributed by atoms with Crippen LogP contribution in [0.2, 0.25) is 5.02 Å². The molecular weight excluding hydrogens is 270 g/mol. The van der Waals surface area contributed by atoms with Crippen molar-refractivity contribution in [1.82, 2.24) is 5.32 Å². The molecule has 3 heteroatoms.